The third kappa shape index (κ3) is 7.49. The van der Waals surface area contributed by atoms with E-state index in [-0.39, 0.29) is 30.0 Å². The van der Waals surface area contributed by atoms with Gasteiger partial charge in [-0.1, -0.05) is 18.2 Å². The van der Waals surface area contributed by atoms with E-state index < -0.39 is 0 Å². The molecule has 1 unspecified atom stereocenters. The van der Waals surface area contributed by atoms with Crippen LogP contribution in [-0.2, 0) is 0 Å². The molecule has 0 amide bonds. The Labute approximate surface area is 182 Å². The van der Waals surface area contributed by atoms with Crippen molar-refractivity contribution < 1.29 is 4.74 Å². The van der Waals surface area contributed by atoms with E-state index in [0.29, 0.717) is 12.1 Å². The first kappa shape index (κ1) is 24.0. The summed E-state index contributed by atoms with van der Waals surface area (Å²) in [6, 6.07) is 9.67. The molecule has 0 aromatic heterocycles. The monoisotopic (exact) mass is 488 g/mol. The molecule has 1 atom stereocenters. The van der Waals surface area contributed by atoms with Gasteiger partial charge < -0.3 is 15.4 Å². The predicted octanol–water partition coefficient (Wildman–Crippen LogP) is 4.19. The lowest BCUT2D eigenvalue weighted by Gasteiger charge is -2.30. The largest absolute Gasteiger partial charge is 0.493 e. The van der Waals surface area contributed by atoms with Gasteiger partial charge in [0.15, 0.2) is 5.96 Å². The summed E-state index contributed by atoms with van der Waals surface area (Å²) in [5.41, 5.74) is 1.22. The number of aliphatic imine (C=N–C) groups is 1. The fourth-order valence-electron chi connectivity index (χ4n) is 3.53. The highest BCUT2D eigenvalue weighted by molar-refractivity contribution is 14.0. The Kier molecular flexibility index (Phi) is 11.1. The lowest BCUT2D eigenvalue weighted by molar-refractivity contribution is 0.174. The fourth-order valence-corrected chi connectivity index (χ4v) is 3.53. The van der Waals surface area contributed by atoms with Crippen molar-refractivity contribution in [3.63, 3.8) is 0 Å². The van der Waals surface area contributed by atoms with Gasteiger partial charge in [-0.2, -0.15) is 0 Å². The second-order valence-electron chi connectivity index (χ2n) is 7.41. The van der Waals surface area contributed by atoms with Crippen molar-refractivity contribution in [2.45, 2.75) is 65.6 Å². The normalized spacial score (nSPS) is 16.7. The van der Waals surface area contributed by atoms with Crippen LogP contribution < -0.4 is 15.4 Å². The van der Waals surface area contributed by atoms with Gasteiger partial charge in [0.1, 0.15) is 5.75 Å². The van der Waals surface area contributed by atoms with Crippen molar-refractivity contribution in [1.82, 2.24) is 15.5 Å². The maximum absolute atomic E-state index is 5.76. The number of nitrogens with one attached hydrogen (secondary N) is 2. The predicted molar refractivity (Wildman–Crippen MR) is 125 cm³/mol. The van der Waals surface area contributed by atoms with E-state index in [0.717, 1.165) is 50.8 Å². The molecule has 0 radical (unpaired) electrons. The summed E-state index contributed by atoms with van der Waals surface area (Å²) in [7, 11) is 0. The number of guanidine groups is 1. The van der Waals surface area contributed by atoms with Gasteiger partial charge in [-0.25, -0.2) is 0 Å². The van der Waals surface area contributed by atoms with Crippen LogP contribution in [0.1, 0.15) is 59.1 Å². The lowest BCUT2D eigenvalue weighted by atomic mass is 10.0. The maximum Gasteiger partial charge on any atom is 0.191 e. The van der Waals surface area contributed by atoms with Crippen LogP contribution in [-0.4, -0.2) is 49.2 Å². The highest BCUT2D eigenvalue weighted by atomic mass is 127. The summed E-state index contributed by atoms with van der Waals surface area (Å²) in [5.74, 6) is 1.88. The van der Waals surface area contributed by atoms with E-state index >= 15 is 0 Å². The molecule has 2 N–H and O–H groups in total. The summed E-state index contributed by atoms with van der Waals surface area (Å²) in [6.07, 6.45) is 2.02. The van der Waals surface area contributed by atoms with Crippen LogP contribution in [0.5, 0.6) is 5.75 Å². The Morgan fingerprint density at radius 2 is 1.93 bits per heavy atom. The van der Waals surface area contributed by atoms with Crippen LogP contribution >= 0.6 is 24.0 Å². The molecule has 0 aliphatic carbocycles. The van der Waals surface area contributed by atoms with Crippen LogP contribution in [0.25, 0.3) is 0 Å². The number of para-hydroxylation sites is 1. The van der Waals surface area contributed by atoms with E-state index in [2.05, 4.69) is 62.3 Å². The van der Waals surface area contributed by atoms with E-state index in [1.165, 1.54) is 5.56 Å². The summed E-state index contributed by atoms with van der Waals surface area (Å²) < 4.78 is 5.76. The number of fused-ring (bicyclic) bond motifs is 1. The standard InChI is InChI=1S/C21H36N4O.HI/c1-6-22-21(23-13-9-14-25(16(2)3)17(4)5)24-19-12-15-26-20-11-8-7-10-18(19)20;/h7-8,10-11,16-17,19H,6,9,12-15H2,1-5H3,(H2,22,23,24);1H. The molecule has 0 saturated heterocycles. The number of halogens is 1. The molecule has 0 spiro atoms. The van der Waals surface area contributed by atoms with E-state index in [1.807, 2.05) is 12.1 Å². The van der Waals surface area contributed by atoms with Gasteiger partial charge in [-0.05, 0) is 47.1 Å². The Morgan fingerprint density at radius 1 is 1.22 bits per heavy atom. The first-order valence-electron chi connectivity index (χ1n) is 10.0. The molecule has 0 saturated carbocycles. The highest BCUT2D eigenvalue weighted by Crippen LogP contribution is 2.31. The van der Waals surface area contributed by atoms with Crippen molar-refractivity contribution in [1.29, 1.82) is 0 Å². The lowest BCUT2D eigenvalue weighted by Crippen LogP contribution is -2.41. The Morgan fingerprint density at radius 3 is 2.59 bits per heavy atom. The Hall–Kier alpha value is -1.02. The van der Waals surface area contributed by atoms with Gasteiger partial charge in [-0.3, -0.25) is 9.89 Å². The molecular formula is C21H37IN4O. The van der Waals surface area contributed by atoms with Gasteiger partial charge in [-0.15, -0.1) is 24.0 Å². The molecule has 1 heterocycles. The van der Waals surface area contributed by atoms with Gasteiger partial charge in [0, 0.05) is 43.7 Å². The Balaban J connectivity index is 0.00000364. The number of nitrogens with zero attached hydrogens (tertiary/aromatic N) is 2. The number of rotatable bonds is 8. The van der Waals surface area contributed by atoms with Gasteiger partial charge >= 0.3 is 0 Å². The first-order valence-corrected chi connectivity index (χ1v) is 10.0. The van der Waals surface area contributed by atoms with Crippen LogP contribution in [0.3, 0.4) is 0 Å². The highest BCUT2D eigenvalue weighted by Gasteiger charge is 2.21. The molecule has 1 aromatic rings. The number of ether oxygens (including phenoxy) is 1. The van der Waals surface area contributed by atoms with Crippen molar-refractivity contribution in [2.75, 3.05) is 26.2 Å². The minimum absolute atomic E-state index is 0. The average molecular weight is 488 g/mol. The zero-order valence-corrected chi connectivity index (χ0v) is 19.8. The summed E-state index contributed by atoms with van der Waals surface area (Å²) in [5, 5.41) is 6.97. The fraction of sp³-hybridized carbons (Fsp3) is 0.667. The van der Waals surface area contributed by atoms with Crippen molar-refractivity contribution in [2.24, 2.45) is 4.99 Å². The summed E-state index contributed by atoms with van der Waals surface area (Å²) in [6.45, 7) is 14.7. The molecule has 2 rings (SSSR count). The molecule has 154 valence electrons. The van der Waals surface area contributed by atoms with Gasteiger partial charge in [0.2, 0.25) is 0 Å². The van der Waals surface area contributed by atoms with Crippen LogP contribution in [0.2, 0.25) is 0 Å². The molecule has 1 aliphatic heterocycles. The molecule has 5 nitrogen and oxygen atoms in total. The molecular weight excluding hydrogens is 451 g/mol. The van der Waals surface area contributed by atoms with Crippen molar-refractivity contribution in [3.05, 3.63) is 29.8 Å². The van der Waals surface area contributed by atoms with Gasteiger partial charge in [0.25, 0.3) is 0 Å². The van der Waals surface area contributed by atoms with Gasteiger partial charge in [0.05, 0.1) is 12.6 Å². The van der Waals surface area contributed by atoms with E-state index in [1.54, 1.807) is 0 Å². The third-order valence-electron chi connectivity index (χ3n) is 4.78. The SMILES string of the molecule is CCNC(=NCCCN(C(C)C)C(C)C)NC1CCOc2ccccc21.I. The summed E-state index contributed by atoms with van der Waals surface area (Å²) >= 11 is 0. The topological polar surface area (TPSA) is 48.9 Å². The number of benzene rings is 1. The molecule has 1 aliphatic rings. The van der Waals surface area contributed by atoms with Crippen LogP contribution in [0.4, 0.5) is 0 Å². The van der Waals surface area contributed by atoms with E-state index in [9.17, 15) is 0 Å². The molecule has 0 fully saturated rings. The average Bonchev–Trinajstić information content (AvgIpc) is 2.61. The smallest absolute Gasteiger partial charge is 0.191 e. The van der Waals surface area contributed by atoms with E-state index in [4.69, 9.17) is 9.73 Å². The first-order chi connectivity index (χ1) is 12.5. The van der Waals surface area contributed by atoms with Crippen molar-refractivity contribution in [3.8, 4) is 5.75 Å². The third-order valence-corrected chi connectivity index (χ3v) is 4.78. The number of hydrogen-bond acceptors (Lipinski definition) is 3. The maximum atomic E-state index is 5.76. The van der Waals surface area contributed by atoms with Crippen molar-refractivity contribution >= 4 is 29.9 Å². The Bertz CT molecular complexity index is 569. The minimum Gasteiger partial charge on any atom is -0.493 e. The van der Waals surface area contributed by atoms with Crippen LogP contribution in [0, 0.1) is 0 Å². The molecule has 6 heteroatoms. The molecule has 0 bridgehead atoms. The zero-order chi connectivity index (χ0) is 18.9. The molecule has 1 aromatic carbocycles. The van der Waals surface area contributed by atoms with Crippen LogP contribution in [0.15, 0.2) is 29.3 Å². The second kappa shape index (κ2) is 12.4. The number of hydrogen-bond donors (Lipinski definition) is 2. The second-order valence-corrected chi connectivity index (χ2v) is 7.41. The zero-order valence-electron chi connectivity index (χ0n) is 17.5. The molecule has 27 heavy (non-hydrogen) atoms. The minimum atomic E-state index is 0. The quantitative estimate of drug-likeness (QED) is 0.249. The summed E-state index contributed by atoms with van der Waals surface area (Å²) in [4.78, 5) is 7.32.